The van der Waals surface area contributed by atoms with Gasteiger partial charge >= 0.3 is 6.09 Å². The van der Waals surface area contributed by atoms with Gasteiger partial charge in [0, 0.05) is 18.0 Å². The predicted molar refractivity (Wildman–Crippen MR) is 195 cm³/mol. The van der Waals surface area contributed by atoms with Crippen LogP contribution in [0.1, 0.15) is 188 Å². The van der Waals surface area contributed by atoms with E-state index in [0.717, 1.165) is 19.4 Å². The molecule has 1 atom stereocenters. The Bertz CT molecular complexity index is 731. The number of hydrogen-bond acceptors (Lipinski definition) is 1. The third-order valence-electron chi connectivity index (χ3n) is 9.84. The number of unbranched alkanes of at least 4 members (excludes halogenated alkanes) is 18. The second-order valence-corrected chi connectivity index (χ2v) is 13.6. The molecule has 1 rings (SSSR count). The number of carboxylic acid groups (broad SMARTS) is 1. The highest BCUT2D eigenvalue weighted by Crippen LogP contribution is 2.46. The topological polar surface area (TPSA) is 40.5 Å². The first-order valence-electron chi connectivity index (χ1n) is 19.2. The number of rotatable bonds is 30. The van der Waals surface area contributed by atoms with Crippen molar-refractivity contribution >= 4 is 6.09 Å². The van der Waals surface area contributed by atoms with Crippen LogP contribution in [0.4, 0.5) is 4.79 Å². The molecule has 0 aliphatic carbocycles. The lowest BCUT2D eigenvalue weighted by Crippen LogP contribution is -2.64. The van der Waals surface area contributed by atoms with Gasteiger partial charge in [-0.25, -0.2) is 4.79 Å². The molecule has 1 aliphatic heterocycles. The van der Waals surface area contributed by atoms with E-state index < -0.39 is 6.09 Å². The molecule has 3 heteroatoms. The van der Waals surface area contributed by atoms with Crippen LogP contribution >= 0.6 is 0 Å². The molecule has 1 aliphatic rings. The van der Waals surface area contributed by atoms with Crippen molar-refractivity contribution in [3.63, 3.8) is 0 Å². The van der Waals surface area contributed by atoms with E-state index in [-0.39, 0.29) is 11.5 Å². The molecule has 254 valence electrons. The van der Waals surface area contributed by atoms with Gasteiger partial charge in [-0.1, -0.05) is 152 Å². The third-order valence-corrected chi connectivity index (χ3v) is 9.84. The molecule has 44 heavy (non-hydrogen) atoms. The number of amides is 1. The van der Waals surface area contributed by atoms with Crippen LogP contribution in [0.25, 0.3) is 0 Å². The van der Waals surface area contributed by atoms with E-state index in [2.05, 4.69) is 69.4 Å². The predicted octanol–water partition coefficient (Wildman–Crippen LogP) is 13.8. The fraction of sp³-hybridized carbons (Fsp3) is 0.780. The molecule has 0 radical (unpaired) electrons. The maximum Gasteiger partial charge on any atom is 0.407 e. The van der Waals surface area contributed by atoms with Gasteiger partial charge in [-0.05, 0) is 84.0 Å². The van der Waals surface area contributed by atoms with Crippen LogP contribution in [0.5, 0.6) is 0 Å². The number of allylic oxidation sites excluding steroid dienone is 8. The van der Waals surface area contributed by atoms with Gasteiger partial charge in [0.2, 0.25) is 0 Å². The molecule has 0 bridgehead atoms. The summed E-state index contributed by atoms with van der Waals surface area (Å²) < 4.78 is 0. The van der Waals surface area contributed by atoms with Gasteiger partial charge in [-0.2, -0.15) is 0 Å². The summed E-state index contributed by atoms with van der Waals surface area (Å²) in [4.78, 5) is 13.3. The zero-order valence-corrected chi connectivity index (χ0v) is 29.6. The lowest BCUT2D eigenvalue weighted by Gasteiger charge is -2.55. The molecule has 1 unspecified atom stereocenters. The Labute approximate surface area is 274 Å². The summed E-state index contributed by atoms with van der Waals surface area (Å²) in [5.41, 5.74) is 0.225. The van der Waals surface area contributed by atoms with E-state index in [0.29, 0.717) is 0 Å². The molecule has 1 heterocycles. The third kappa shape index (κ3) is 20.3. The van der Waals surface area contributed by atoms with Crippen molar-refractivity contribution in [2.45, 2.75) is 194 Å². The standard InChI is InChI=1S/C41H73NO2/c1-4-6-8-10-12-14-16-18-20-22-24-26-28-30-32-34-36-41(38-42(39(41)3)40(43)44)37-35-33-31-29-27-25-23-21-19-17-15-13-11-9-7-5-2/h12-15,18-21,39H,4-11,16-17,22-38H2,1-3H3,(H,43,44)/b14-12-,15-13-,20-18-,21-19-. The van der Waals surface area contributed by atoms with Crippen molar-refractivity contribution in [3.05, 3.63) is 48.6 Å². The molecule has 0 aromatic carbocycles. The van der Waals surface area contributed by atoms with E-state index in [1.54, 1.807) is 4.90 Å². The van der Waals surface area contributed by atoms with Crippen LogP contribution < -0.4 is 0 Å². The summed E-state index contributed by atoms with van der Waals surface area (Å²) in [6.45, 7) is 7.43. The van der Waals surface area contributed by atoms with E-state index in [9.17, 15) is 9.90 Å². The Morgan fingerprint density at radius 1 is 0.568 bits per heavy atom. The van der Waals surface area contributed by atoms with Crippen LogP contribution in [0.15, 0.2) is 48.6 Å². The number of nitrogens with zero attached hydrogens (tertiary/aromatic N) is 1. The quantitative estimate of drug-likeness (QED) is 0.0648. The highest BCUT2D eigenvalue weighted by molar-refractivity contribution is 5.67. The monoisotopic (exact) mass is 612 g/mol. The zero-order valence-electron chi connectivity index (χ0n) is 29.6. The Hall–Kier alpha value is -1.77. The van der Waals surface area contributed by atoms with Crippen LogP contribution in [-0.2, 0) is 0 Å². The second-order valence-electron chi connectivity index (χ2n) is 13.6. The minimum Gasteiger partial charge on any atom is -0.465 e. The molecule has 3 nitrogen and oxygen atoms in total. The minimum absolute atomic E-state index is 0.177. The van der Waals surface area contributed by atoms with Crippen LogP contribution in [0.2, 0.25) is 0 Å². The summed E-state index contributed by atoms with van der Waals surface area (Å²) in [5.74, 6) is 0. The molecule has 0 aromatic rings. The fourth-order valence-corrected chi connectivity index (χ4v) is 6.69. The maximum atomic E-state index is 11.6. The van der Waals surface area contributed by atoms with Crippen molar-refractivity contribution in [2.75, 3.05) is 6.54 Å². The summed E-state index contributed by atoms with van der Waals surface area (Å²) in [6, 6.07) is 0.177. The van der Waals surface area contributed by atoms with E-state index in [1.165, 1.54) is 154 Å². The Morgan fingerprint density at radius 2 is 0.909 bits per heavy atom. The molecular weight excluding hydrogens is 538 g/mol. The van der Waals surface area contributed by atoms with Gasteiger partial charge in [0.25, 0.3) is 0 Å². The SMILES string of the molecule is CCCCC/C=C\C/C=C\CCCCCCCCC1(CCCCCCCC/C=C\C/C=C\CCCCC)CN(C(=O)O)C1C. The molecule has 0 saturated carbocycles. The van der Waals surface area contributed by atoms with Gasteiger partial charge in [-0.15, -0.1) is 0 Å². The molecule has 0 spiro atoms. The molecule has 0 aromatic heterocycles. The minimum atomic E-state index is -0.734. The summed E-state index contributed by atoms with van der Waals surface area (Å²) >= 11 is 0. The van der Waals surface area contributed by atoms with Crippen molar-refractivity contribution in [3.8, 4) is 0 Å². The zero-order chi connectivity index (χ0) is 32.0. The van der Waals surface area contributed by atoms with Gasteiger partial charge < -0.3 is 10.0 Å². The Balaban J connectivity index is 2.10. The normalized spacial score (nSPS) is 16.7. The highest BCUT2D eigenvalue weighted by atomic mass is 16.4. The lowest BCUT2D eigenvalue weighted by atomic mass is 9.66. The van der Waals surface area contributed by atoms with Crippen molar-refractivity contribution < 1.29 is 9.90 Å². The molecular formula is C41H73NO2. The number of likely N-dealkylation sites (tertiary alicyclic amines) is 1. The van der Waals surface area contributed by atoms with E-state index in [4.69, 9.17) is 0 Å². The fourth-order valence-electron chi connectivity index (χ4n) is 6.69. The van der Waals surface area contributed by atoms with Gasteiger partial charge in [0.15, 0.2) is 0 Å². The first-order chi connectivity index (χ1) is 21.6. The van der Waals surface area contributed by atoms with Gasteiger partial charge in [0.05, 0.1) is 0 Å². The molecule has 1 N–H and O–H groups in total. The van der Waals surface area contributed by atoms with Crippen molar-refractivity contribution in [2.24, 2.45) is 5.41 Å². The van der Waals surface area contributed by atoms with Crippen LogP contribution in [0, 0.1) is 5.41 Å². The summed E-state index contributed by atoms with van der Waals surface area (Å²) in [6.07, 6.45) is 51.0. The average Bonchev–Trinajstić information content (AvgIpc) is 3.02. The lowest BCUT2D eigenvalue weighted by molar-refractivity contribution is -0.0609. The average molecular weight is 612 g/mol. The highest BCUT2D eigenvalue weighted by Gasteiger charge is 2.50. The van der Waals surface area contributed by atoms with Crippen molar-refractivity contribution in [1.29, 1.82) is 0 Å². The van der Waals surface area contributed by atoms with Crippen LogP contribution in [0.3, 0.4) is 0 Å². The maximum absolute atomic E-state index is 11.6. The molecule has 1 saturated heterocycles. The number of carbonyl (C=O) groups is 1. The van der Waals surface area contributed by atoms with Gasteiger partial charge in [-0.3, -0.25) is 0 Å². The smallest absolute Gasteiger partial charge is 0.407 e. The summed E-state index contributed by atoms with van der Waals surface area (Å²) in [5, 5.41) is 9.57. The van der Waals surface area contributed by atoms with Crippen molar-refractivity contribution in [1.82, 2.24) is 4.90 Å². The Morgan fingerprint density at radius 3 is 1.25 bits per heavy atom. The first-order valence-corrected chi connectivity index (χ1v) is 19.2. The number of hydrogen-bond donors (Lipinski definition) is 1. The summed E-state index contributed by atoms with van der Waals surface area (Å²) in [7, 11) is 0. The Kier molecular flexibility index (Phi) is 26.2. The molecule has 1 fully saturated rings. The van der Waals surface area contributed by atoms with E-state index >= 15 is 0 Å². The van der Waals surface area contributed by atoms with Crippen LogP contribution in [-0.4, -0.2) is 28.7 Å². The molecule has 1 amide bonds. The first kappa shape index (κ1) is 40.3. The second kappa shape index (κ2) is 28.7. The van der Waals surface area contributed by atoms with E-state index in [1.807, 2.05) is 0 Å². The largest absolute Gasteiger partial charge is 0.465 e. The van der Waals surface area contributed by atoms with Gasteiger partial charge in [0.1, 0.15) is 0 Å².